The number of benzene rings is 1. The number of rotatable bonds is 2. The number of carbonyl (C=O) groups is 1. The fraction of sp³-hybridized carbons (Fsp3) is 0.562. The molecule has 1 saturated heterocycles. The monoisotopic (exact) mass is 355 g/mol. The summed E-state index contributed by atoms with van der Waals surface area (Å²) in [6, 6.07) is 7.39. The summed E-state index contributed by atoms with van der Waals surface area (Å²) in [5.41, 5.74) is 1.11. The Morgan fingerprint density at radius 3 is 2.08 bits per heavy atom. The van der Waals surface area contributed by atoms with Gasteiger partial charge in [0.25, 0.3) is 10.2 Å². The van der Waals surface area contributed by atoms with Gasteiger partial charge >= 0.3 is 6.09 Å². The minimum atomic E-state index is -3.33. The molecule has 0 atom stereocenters. The molecule has 1 heterocycles. The smallest absolute Gasteiger partial charge is 0.412 e. The Labute approximate surface area is 143 Å². The predicted octanol–water partition coefficient (Wildman–Crippen LogP) is 2.24. The van der Waals surface area contributed by atoms with Gasteiger partial charge in [0, 0.05) is 38.8 Å². The van der Waals surface area contributed by atoms with E-state index in [0.717, 1.165) is 5.56 Å². The van der Waals surface area contributed by atoms with Crippen LogP contribution in [0.4, 0.5) is 10.5 Å². The standard InChI is InChI=1S/C16H25N3O4S/c1-16(2,3)23-15(20)17-14-8-6-12(7-9-14)13-10-18(4)24(21,22)19(5)11-13/h6-9,13H,10-11H2,1-5H3,(H,17,20). The molecule has 0 saturated carbocycles. The molecule has 1 N–H and O–H groups in total. The molecular formula is C16H25N3O4S. The van der Waals surface area contributed by atoms with E-state index in [2.05, 4.69) is 5.32 Å². The summed E-state index contributed by atoms with van der Waals surface area (Å²) in [5.74, 6) is 0.0825. The van der Waals surface area contributed by atoms with Gasteiger partial charge in [0.05, 0.1) is 0 Å². The van der Waals surface area contributed by atoms with Crippen LogP contribution < -0.4 is 5.32 Å². The first kappa shape index (κ1) is 18.7. The summed E-state index contributed by atoms with van der Waals surface area (Å²) < 4.78 is 31.9. The van der Waals surface area contributed by atoms with E-state index in [0.29, 0.717) is 18.8 Å². The van der Waals surface area contributed by atoms with Gasteiger partial charge < -0.3 is 4.74 Å². The van der Waals surface area contributed by atoms with Gasteiger partial charge in [0.15, 0.2) is 0 Å². The summed E-state index contributed by atoms with van der Waals surface area (Å²) >= 11 is 0. The van der Waals surface area contributed by atoms with E-state index in [1.807, 2.05) is 12.1 Å². The van der Waals surface area contributed by atoms with Gasteiger partial charge in [0.1, 0.15) is 5.60 Å². The molecular weight excluding hydrogens is 330 g/mol. The molecule has 0 aliphatic carbocycles. The first-order chi connectivity index (χ1) is 11.0. The van der Waals surface area contributed by atoms with Gasteiger partial charge in [-0.1, -0.05) is 12.1 Å². The Morgan fingerprint density at radius 1 is 1.12 bits per heavy atom. The van der Waals surface area contributed by atoms with Crippen LogP contribution in [0.2, 0.25) is 0 Å². The fourth-order valence-electron chi connectivity index (χ4n) is 2.58. The molecule has 134 valence electrons. The van der Waals surface area contributed by atoms with Crippen LogP contribution >= 0.6 is 0 Å². The maximum atomic E-state index is 12.0. The summed E-state index contributed by atoms with van der Waals surface area (Å²) in [6.07, 6.45) is -0.501. The number of amides is 1. The first-order valence-corrected chi connectivity index (χ1v) is 9.16. The third-order valence-electron chi connectivity index (χ3n) is 3.77. The number of anilines is 1. The number of ether oxygens (including phenoxy) is 1. The largest absolute Gasteiger partial charge is 0.444 e. The minimum Gasteiger partial charge on any atom is -0.444 e. The van der Waals surface area contributed by atoms with E-state index in [1.165, 1.54) is 8.61 Å². The van der Waals surface area contributed by atoms with Gasteiger partial charge in [0.2, 0.25) is 0 Å². The van der Waals surface area contributed by atoms with Gasteiger partial charge in [-0.25, -0.2) is 4.79 Å². The molecule has 0 radical (unpaired) electrons. The summed E-state index contributed by atoms with van der Waals surface area (Å²) in [6.45, 7) is 6.29. The van der Waals surface area contributed by atoms with Crippen molar-refractivity contribution < 1.29 is 17.9 Å². The van der Waals surface area contributed by atoms with Gasteiger partial charge in [-0.05, 0) is 38.5 Å². The lowest BCUT2D eigenvalue weighted by atomic mass is 9.98. The van der Waals surface area contributed by atoms with Crippen LogP contribution in [0.15, 0.2) is 24.3 Å². The molecule has 0 spiro atoms. The van der Waals surface area contributed by atoms with Crippen LogP contribution in [0.1, 0.15) is 32.3 Å². The fourth-order valence-corrected chi connectivity index (χ4v) is 3.79. The summed E-state index contributed by atoms with van der Waals surface area (Å²) in [4.78, 5) is 11.8. The van der Waals surface area contributed by atoms with Crippen LogP contribution in [0, 0.1) is 0 Å². The van der Waals surface area contributed by atoms with E-state index in [9.17, 15) is 13.2 Å². The highest BCUT2D eigenvalue weighted by molar-refractivity contribution is 7.86. The lowest BCUT2D eigenvalue weighted by molar-refractivity contribution is 0.0636. The third kappa shape index (κ3) is 4.46. The van der Waals surface area contributed by atoms with Crippen LogP contribution in [0.5, 0.6) is 0 Å². The lowest BCUT2D eigenvalue weighted by Gasteiger charge is -2.35. The van der Waals surface area contributed by atoms with Crippen LogP contribution in [-0.2, 0) is 14.9 Å². The highest BCUT2D eigenvalue weighted by Crippen LogP contribution is 2.26. The van der Waals surface area contributed by atoms with Crippen molar-refractivity contribution in [1.29, 1.82) is 0 Å². The molecule has 24 heavy (non-hydrogen) atoms. The zero-order valence-corrected chi connectivity index (χ0v) is 15.6. The van der Waals surface area contributed by atoms with E-state index >= 15 is 0 Å². The molecule has 1 aliphatic rings. The molecule has 0 bridgehead atoms. The van der Waals surface area contributed by atoms with Crippen molar-refractivity contribution in [3.8, 4) is 0 Å². The molecule has 0 aromatic heterocycles. The van der Waals surface area contributed by atoms with E-state index < -0.39 is 21.9 Å². The Kier molecular flexibility index (Phi) is 5.22. The Bertz CT molecular complexity index is 677. The average Bonchev–Trinajstić information content (AvgIpc) is 2.43. The average molecular weight is 355 g/mol. The number of carbonyl (C=O) groups excluding carboxylic acids is 1. The summed E-state index contributed by atoms with van der Waals surface area (Å²) in [7, 11) is -0.170. The zero-order valence-electron chi connectivity index (χ0n) is 14.7. The summed E-state index contributed by atoms with van der Waals surface area (Å²) in [5, 5.41) is 2.68. The van der Waals surface area contributed by atoms with Gasteiger partial charge in [-0.15, -0.1) is 0 Å². The van der Waals surface area contributed by atoms with Gasteiger partial charge in [-0.3, -0.25) is 5.32 Å². The van der Waals surface area contributed by atoms with Gasteiger partial charge in [-0.2, -0.15) is 17.0 Å². The quantitative estimate of drug-likeness (QED) is 0.882. The number of likely N-dealkylation sites (N-methyl/N-ethyl adjacent to an activating group) is 2. The zero-order chi connectivity index (χ0) is 18.1. The Balaban J connectivity index is 2.04. The first-order valence-electron chi connectivity index (χ1n) is 7.76. The van der Waals surface area contributed by atoms with Crippen LogP contribution in [0.25, 0.3) is 0 Å². The molecule has 1 aromatic rings. The van der Waals surface area contributed by atoms with Crippen molar-refractivity contribution in [3.63, 3.8) is 0 Å². The third-order valence-corrected chi connectivity index (χ3v) is 5.64. The number of hydrogen-bond acceptors (Lipinski definition) is 4. The number of nitrogens with one attached hydrogen (secondary N) is 1. The molecule has 1 fully saturated rings. The second-order valence-corrected chi connectivity index (χ2v) is 9.16. The molecule has 0 unspecified atom stereocenters. The molecule has 1 aliphatic heterocycles. The molecule has 2 rings (SSSR count). The van der Waals surface area contributed by atoms with Crippen LogP contribution in [0.3, 0.4) is 0 Å². The van der Waals surface area contributed by atoms with Crippen LogP contribution in [-0.4, -0.2) is 55.9 Å². The molecule has 8 heteroatoms. The highest BCUT2D eigenvalue weighted by Gasteiger charge is 2.34. The molecule has 7 nitrogen and oxygen atoms in total. The van der Waals surface area contributed by atoms with Crippen molar-refractivity contribution in [2.75, 3.05) is 32.5 Å². The maximum absolute atomic E-state index is 12.0. The Morgan fingerprint density at radius 2 is 1.62 bits per heavy atom. The second kappa shape index (κ2) is 6.70. The van der Waals surface area contributed by atoms with E-state index in [-0.39, 0.29) is 5.92 Å². The van der Waals surface area contributed by atoms with Crippen molar-refractivity contribution in [1.82, 2.24) is 8.61 Å². The topological polar surface area (TPSA) is 79.0 Å². The Hall–Kier alpha value is -1.64. The molecule has 1 aromatic carbocycles. The van der Waals surface area contributed by atoms with Crippen molar-refractivity contribution in [2.45, 2.75) is 32.3 Å². The van der Waals surface area contributed by atoms with Crippen molar-refractivity contribution in [2.24, 2.45) is 0 Å². The molecule has 1 amide bonds. The lowest BCUT2D eigenvalue weighted by Crippen LogP contribution is -2.49. The SMILES string of the molecule is CN1CC(c2ccc(NC(=O)OC(C)(C)C)cc2)CN(C)S1(=O)=O. The van der Waals surface area contributed by atoms with Crippen molar-refractivity contribution >= 4 is 22.0 Å². The van der Waals surface area contributed by atoms with E-state index in [4.69, 9.17) is 4.74 Å². The number of nitrogens with zero attached hydrogens (tertiary/aromatic N) is 2. The number of hydrogen-bond donors (Lipinski definition) is 1. The second-order valence-electron chi connectivity index (χ2n) is 7.01. The normalized spacial score (nSPS) is 19.9. The minimum absolute atomic E-state index is 0.0825. The van der Waals surface area contributed by atoms with Crippen molar-refractivity contribution in [3.05, 3.63) is 29.8 Å². The highest BCUT2D eigenvalue weighted by atomic mass is 32.2. The maximum Gasteiger partial charge on any atom is 0.412 e. The predicted molar refractivity (Wildman–Crippen MR) is 93.2 cm³/mol. The van der Waals surface area contributed by atoms with E-state index in [1.54, 1.807) is 47.0 Å².